The Morgan fingerprint density at radius 2 is 1.12 bits per heavy atom. The third-order valence-corrected chi connectivity index (χ3v) is 10.7. The second-order valence-electron chi connectivity index (χ2n) is 7.72. The predicted molar refractivity (Wildman–Crippen MR) is 135 cm³/mol. The molecule has 0 aliphatic rings. The number of alkyl halides is 1. The van der Waals surface area contributed by atoms with Crippen molar-refractivity contribution in [3.05, 3.63) is 115 Å². The molecule has 0 aromatic heterocycles. The van der Waals surface area contributed by atoms with Crippen LogP contribution in [0.25, 0.3) is 0 Å². The predicted octanol–water partition coefficient (Wildman–Crippen LogP) is 5.27. The Labute approximate surface area is 190 Å². The Kier molecular flexibility index (Phi) is 7.19. The molecule has 0 spiro atoms. The van der Waals surface area contributed by atoms with E-state index in [-0.39, 0.29) is 6.61 Å². The summed E-state index contributed by atoms with van der Waals surface area (Å²) in [5.41, 5.74) is 1.27. The van der Waals surface area contributed by atoms with Crippen LogP contribution in [-0.4, -0.2) is 20.4 Å². The molecule has 0 saturated carbocycles. The second kappa shape index (κ2) is 10.4. The van der Waals surface area contributed by atoms with Gasteiger partial charge in [0.25, 0.3) is 0 Å². The quantitative estimate of drug-likeness (QED) is 0.326. The Morgan fingerprint density at radius 1 is 0.625 bits per heavy atom. The zero-order chi connectivity index (χ0) is 22.2. The summed E-state index contributed by atoms with van der Waals surface area (Å²) >= 11 is 0. The molecular weight excluding hydrogens is 418 g/mol. The van der Waals surface area contributed by atoms with Gasteiger partial charge in [0.1, 0.15) is 0 Å². The van der Waals surface area contributed by atoms with Crippen molar-refractivity contribution >= 4 is 23.2 Å². The van der Waals surface area contributed by atoms with Gasteiger partial charge in [-0.05, 0) is 0 Å². The molecule has 4 rings (SSSR count). The van der Waals surface area contributed by atoms with Crippen LogP contribution in [0.15, 0.2) is 109 Å². The molecule has 4 aromatic carbocycles. The van der Waals surface area contributed by atoms with Crippen molar-refractivity contribution < 1.29 is 13.9 Å². The molecule has 0 heterocycles. The summed E-state index contributed by atoms with van der Waals surface area (Å²) in [6, 6.07) is 38.2. The van der Waals surface area contributed by atoms with E-state index in [0.717, 1.165) is 11.9 Å². The first-order chi connectivity index (χ1) is 15.8. The van der Waals surface area contributed by atoms with Crippen molar-refractivity contribution in [2.24, 2.45) is 0 Å². The van der Waals surface area contributed by atoms with Crippen molar-refractivity contribution in [2.75, 3.05) is 20.4 Å². The number of methoxy groups -OCH3 is 1. The first-order valence-electron chi connectivity index (χ1n) is 10.8. The molecule has 0 unspecified atom stereocenters. The normalized spacial score (nSPS) is 11.7. The Morgan fingerprint density at radius 3 is 1.62 bits per heavy atom. The number of ether oxygens (including phenoxy) is 2. The molecule has 0 N–H and O–H groups in total. The number of rotatable bonds is 9. The van der Waals surface area contributed by atoms with Gasteiger partial charge in [0.15, 0.2) is 0 Å². The maximum absolute atomic E-state index is 12.6. The van der Waals surface area contributed by atoms with Gasteiger partial charge < -0.3 is 0 Å². The van der Waals surface area contributed by atoms with E-state index in [1.165, 1.54) is 21.5 Å². The zero-order valence-corrected chi connectivity index (χ0v) is 19.2. The topological polar surface area (TPSA) is 18.5 Å². The van der Waals surface area contributed by atoms with Crippen LogP contribution in [0.1, 0.15) is 5.56 Å². The van der Waals surface area contributed by atoms with Crippen molar-refractivity contribution in [3.8, 4) is 11.5 Å². The van der Waals surface area contributed by atoms with Gasteiger partial charge in [-0.15, -0.1) is 0 Å². The molecule has 0 aliphatic heterocycles. The van der Waals surface area contributed by atoms with Gasteiger partial charge in [0, 0.05) is 0 Å². The standard InChI is InChI=1S/C28H28FO2P/c1-30-24-14-12-23(13-15-24)22-32(26-8-4-2-5-9-26,27-10-6-3-7-11-27)28-18-16-25(17-19-28)31-21-20-29/h2-19,32H,20-22H2,1H3. The van der Waals surface area contributed by atoms with Gasteiger partial charge in [-0.1, -0.05) is 0 Å². The molecular formula is C28H28FO2P. The van der Waals surface area contributed by atoms with Gasteiger partial charge >= 0.3 is 190 Å². The van der Waals surface area contributed by atoms with Crippen molar-refractivity contribution in [3.63, 3.8) is 0 Å². The summed E-state index contributed by atoms with van der Waals surface area (Å²) in [5, 5.41) is 3.98. The van der Waals surface area contributed by atoms with Crippen LogP contribution in [0.4, 0.5) is 4.39 Å². The molecule has 32 heavy (non-hydrogen) atoms. The van der Waals surface area contributed by atoms with Crippen LogP contribution < -0.4 is 25.4 Å². The molecule has 0 atom stereocenters. The van der Waals surface area contributed by atoms with Crippen molar-refractivity contribution in [1.82, 2.24) is 0 Å². The van der Waals surface area contributed by atoms with Crippen molar-refractivity contribution in [2.45, 2.75) is 6.16 Å². The summed E-state index contributed by atoms with van der Waals surface area (Å²) in [6.45, 7) is -0.420. The summed E-state index contributed by atoms with van der Waals surface area (Å²) in [5.74, 6) is 1.55. The summed E-state index contributed by atoms with van der Waals surface area (Å²) in [4.78, 5) is 0. The summed E-state index contributed by atoms with van der Waals surface area (Å²) in [7, 11) is -0.728. The Hall–Kier alpha value is -3.16. The molecule has 4 aromatic rings. The Balaban J connectivity index is 1.88. The van der Waals surface area contributed by atoms with E-state index in [1.54, 1.807) is 7.11 Å². The molecule has 0 bridgehead atoms. The Bertz CT molecular complexity index is 1060. The summed E-state index contributed by atoms with van der Waals surface area (Å²) < 4.78 is 23.4. The van der Waals surface area contributed by atoms with E-state index < -0.39 is 13.9 Å². The number of halogens is 1. The van der Waals surface area contributed by atoms with Gasteiger partial charge in [-0.3, -0.25) is 0 Å². The van der Waals surface area contributed by atoms with E-state index in [0.29, 0.717) is 5.75 Å². The second-order valence-corrected chi connectivity index (χ2v) is 11.6. The molecule has 164 valence electrons. The first kappa shape index (κ1) is 22.0. The van der Waals surface area contributed by atoms with E-state index in [1.807, 2.05) is 24.3 Å². The molecule has 0 fully saturated rings. The van der Waals surface area contributed by atoms with E-state index in [9.17, 15) is 4.39 Å². The van der Waals surface area contributed by atoms with E-state index >= 15 is 0 Å². The first-order valence-corrected chi connectivity index (χ1v) is 13.0. The van der Waals surface area contributed by atoms with E-state index in [2.05, 4.69) is 84.9 Å². The van der Waals surface area contributed by atoms with Gasteiger partial charge in [0.05, 0.1) is 0 Å². The molecule has 0 saturated heterocycles. The molecule has 4 heteroatoms. The van der Waals surface area contributed by atoms with Crippen LogP contribution in [-0.2, 0) is 6.16 Å². The molecule has 0 amide bonds. The fraction of sp³-hybridized carbons (Fsp3) is 0.143. The van der Waals surface area contributed by atoms with Crippen LogP contribution in [0, 0.1) is 0 Å². The number of hydrogen-bond acceptors (Lipinski definition) is 2. The molecule has 0 aliphatic carbocycles. The number of hydrogen-bond donors (Lipinski definition) is 0. The fourth-order valence-electron chi connectivity index (χ4n) is 4.29. The average molecular weight is 447 g/mol. The average Bonchev–Trinajstić information content (AvgIpc) is 2.88. The van der Waals surface area contributed by atoms with Gasteiger partial charge in [0.2, 0.25) is 0 Å². The van der Waals surface area contributed by atoms with Gasteiger partial charge in [-0.2, -0.15) is 0 Å². The van der Waals surface area contributed by atoms with Crippen LogP contribution in [0.3, 0.4) is 0 Å². The molecule has 0 radical (unpaired) electrons. The maximum atomic E-state index is 12.6. The van der Waals surface area contributed by atoms with Crippen molar-refractivity contribution in [1.29, 1.82) is 0 Å². The zero-order valence-electron chi connectivity index (χ0n) is 18.2. The third-order valence-electron chi connectivity index (χ3n) is 5.85. The van der Waals surface area contributed by atoms with Crippen LogP contribution in [0.2, 0.25) is 0 Å². The van der Waals surface area contributed by atoms with Crippen LogP contribution in [0.5, 0.6) is 11.5 Å². The van der Waals surface area contributed by atoms with E-state index in [4.69, 9.17) is 9.47 Å². The monoisotopic (exact) mass is 446 g/mol. The fourth-order valence-corrected chi connectivity index (χ4v) is 9.01. The minimum atomic E-state index is -2.42. The van der Waals surface area contributed by atoms with Crippen LogP contribution >= 0.6 is 7.26 Å². The molecule has 2 nitrogen and oxygen atoms in total. The summed E-state index contributed by atoms with van der Waals surface area (Å²) in [6.07, 6.45) is 0.912. The van der Waals surface area contributed by atoms with Gasteiger partial charge in [-0.25, -0.2) is 0 Å². The number of benzene rings is 4. The third kappa shape index (κ3) is 4.69. The SMILES string of the molecule is COc1ccc(C[PH](c2ccccc2)(c2ccccc2)c2ccc(OCCF)cc2)cc1. The minimum absolute atomic E-state index is 0.0745.